The Morgan fingerprint density at radius 2 is 1.66 bits per heavy atom. The summed E-state index contributed by atoms with van der Waals surface area (Å²) in [6.45, 7) is 0.517. The SMILES string of the molecule is O=C(NCCC1=CCCCC1)[C@H](Cc1ccccc1)NS(=O)(=O)c1ccccc1. The van der Waals surface area contributed by atoms with Gasteiger partial charge in [-0.25, -0.2) is 8.42 Å². The molecule has 6 heteroatoms. The maximum absolute atomic E-state index is 12.8. The molecule has 1 aliphatic rings. The minimum atomic E-state index is -3.79. The van der Waals surface area contributed by atoms with Crippen LogP contribution in [0, 0.1) is 0 Å². The summed E-state index contributed by atoms with van der Waals surface area (Å²) in [5, 5.41) is 2.92. The largest absolute Gasteiger partial charge is 0.354 e. The summed E-state index contributed by atoms with van der Waals surface area (Å²) in [4.78, 5) is 13.0. The van der Waals surface area contributed by atoms with Crippen LogP contribution in [0.5, 0.6) is 0 Å². The predicted molar refractivity (Wildman–Crippen MR) is 115 cm³/mol. The van der Waals surface area contributed by atoms with Gasteiger partial charge in [-0.2, -0.15) is 4.72 Å². The summed E-state index contributed by atoms with van der Waals surface area (Å²) in [5.74, 6) is -0.301. The molecule has 1 amide bonds. The highest BCUT2D eigenvalue weighted by atomic mass is 32.2. The van der Waals surface area contributed by atoms with E-state index in [1.807, 2.05) is 30.3 Å². The normalized spacial score (nSPS) is 15.4. The van der Waals surface area contributed by atoms with Gasteiger partial charge in [-0.05, 0) is 56.2 Å². The minimum Gasteiger partial charge on any atom is -0.354 e. The Balaban J connectivity index is 1.68. The van der Waals surface area contributed by atoms with E-state index in [0.29, 0.717) is 13.0 Å². The van der Waals surface area contributed by atoms with E-state index in [2.05, 4.69) is 16.1 Å². The van der Waals surface area contributed by atoms with Crippen molar-refractivity contribution < 1.29 is 13.2 Å². The van der Waals surface area contributed by atoms with E-state index in [-0.39, 0.29) is 10.8 Å². The number of amides is 1. The van der Waals surface area contributed by atoms with Crippen LogP contribution in [0.4, 0.5) is 0 Å². The van der Waals surface area contributed by atoms with Crippen molar-refractivity contribution >= 4 is 15.9 Å². The zero-order valence-electron chi connectivity index (χ0n) is 16.5. The first-order valence-electron chi connectivity index (χ1n) is 10.1. The lowest BCUT2D eigenvalue weighted by Crippen LogP contribution is -2.48. The number of carbonyl (C=O) groups is 1. The molecule has 0 saturated heterocycles. The number of benzene rings is 2. The van der Waals surface area contributed by atoms with Crippen LogP contribution in [0.2, 0.25) is 0 Å². The second-order valence-electron chi connectivity index (χ2n) is 7.33. The number of hydrogen-bond acceptors (Lipinski definition) is 3. The molecule has 0 bridgehead atoms. The number of sulfonamides is 1. The van der Waals surface area contributed by atoms with Crippen LogP contribution in [0.25, 0.3) is 0 Å². The minimum absolute atomic E-state index is 0.151. The Morgan fingerprint density at radius 1 is 0.966 bits per heavy atom. The van der Waals surface area contributed by atoms with E-state index < -0.39 is 16.1 Å². The highest BCUT2D eigenvalue weighted by molar-refractivity contribution is 7.89. The summed E-state index contributed by atoms with van der Waals surface area (Å²) >= 11 is 0. The highest BCUT2D eigenvalue weighted by Gasteiger charge is 2.25. The maximum Gasteiger partial charge on any atom is 0.241 e. The molecule has 5 nitrogen and oxygen atoms in total. The lowest BCUT2D eigenvalue weighted by Gasteiger charge is -2.19. The first kappa shape index (κ1) is 21.3. The summed E-state index contributed by atoms with van der Waals surface area (Å²) in [7, 11) is -3.79. The molecule has 0 heterocycles. The third-order valence-electron chi connectivity index (χ3n) is 5.08. The Kier molecular flexibility index (Phi) is 7.61. The van der Waals surface area contributed by atoms with Gasteiger partial charge in [0.25, 0.3) is 0 Å². The van der Waals surface area contributed by atoms with Gasteiger partial charge >= 0.3 is 0 Å². The van der Waals surface area contributed by atoms with Crippen molar-refractivity contribution in [3.05, 3.63) is 77.9 Å². The number of rotatable bonds is 9. The van der Waals surface area contributed by atoms with Crippen LogP contribution >= 0.6 is 0 Å². The summed E-state index contributed by atoms with van der Waals surface area (Å²) in [6, 6.07) is 16.7. The quantitative estimate of drug-likeness (QED) is 0.618. The second-order valence-corrected chi connectivity index (χ2v) is 9.04. The van der Waals surface area contributed by atoms with Gasteiger partial charge in [0.05, 0.1) is 4.90 Å². The van der Waals surface area contributed by atoms with Crippen molar-refractivity contribution in [3.8, 4) is 0 Å². The Morgan fingerprint density at radius 3 is 2.31 bits per heavy atom. The summed E-state index contributed by atoms with van der Waals surface area (Å²) < 4.78 is 28.1. The molecular formula is C23H28N2O3S. The molecular weight excluding hydrogens is 384 g/mol. The molecule has 2 aromatic carbocycles. The van der Waals surface area contributed by atoms with Crippen LogP contribution < -0.4 is 10.0 Å². The van der Waals surface area contributed by atoms with E-state index >= 15 is 0 Å². The molecule has 29 heavy (non-hydrogen) atoms. The van der Waals surface area contributed by atoms with Gasteiger partial charge in [0.15, 0.2) is 0 Å². The van der Waals surface area contributed by atoms with E-state index in [0.717, 1.165) is 24.8 Å². The zero-order valence-corrected chi connectivity index (χ0v) is 17.3. The molecule has 2 aromatic rings. The van der Waals surface area contributed by atoms with Gasteiger partial charge in [-0.15, -0.1) is 0 Å². The van der Waals surface area contributed by atoms with Crippen LogP contribution in [0.3, 0.4) is 0 Å². The molecule has 0 unspecified atom stereocenters. The Labute approximate surface area is 173 Å². The first-order chi connectivity index (χ1) is 14.0. The van der Waals surface area contributed by atoms with Crippen molar-refractivity contribution in [2.75, 3.05) is 6.54 Å². The van der Waals surface area contributed by atoms with Crippen LogP contribution in [0.15, 0.2) is 77.2 Å². The van der Waals surface area contributed by atoms with E-state index in [1.54, 1.807) is 18.2 Å². The van der Waals surface area contributed by atoms with Crippen molar-refractivity contribution in [2.45, 2.75) is 49.5 Å². The van der Waals surface area contributed by atoms with E-state index in [4.69, 9.17) is 0 Å². The summed E-state index contributed by atoms with van der Waals surface area (Å²) in [5.41, 5.74) is 2.28. The fourth-order valence-electron chi connectivity index (χ4n) is 3.49. The number of nitrogens with one attached hydrogen (secondary N) is 2. The van der Waals surface area contributed by atoms with Gasteiger partial charge < -0.3 is 5.32 Å². The Bertz CT molecular complexity index is 925. The molecule has 0 radical (unpaired) electrons. The zero-order chi connectivity index (χ0) is 20.5. The molecule has 0 spiro atoms. The summed E-state index contributed by atoms with van der Waals surface area (Å²) in [6.07, 6.45) is 8.00. The van der Waals surface area contributed by atoms with Gasteiger partial charge in [0.2, 0.25) is 15.9 Å². The highest BCUT2D eigenvalue weighted by Crippen LogP contribution is 2.19. The fraction of sp³-hybridized carbons (Fsp3) is 0.348. The topological polar surface area (TPSA) is 75.3 Å². The molecule has 154 valence electrons. The van der Waals surface area contributed by atoms with Gasteiger partial charge in [-0.3, -0.25) is 4.79 Å². The number of hydrogen-bond donors (Lipinski definition) is 2. The van der Waals surface area contributed by atoms with Crippen molar-refractivity contribution in [1.29, 1.82) is 0 Å². The van der Waals surface area contributed by atoms with Crippen molar-refractivity contribution in [3.63, 3.8) is 0 Å². The smallest absolute Gasteiger partial charge is 0.241 e. The van der Waals surface area contributed by atoms with Crippen LogP contribution in [0.1, 0.15) is 37.7 Å². The molecule has 0 aromatic heterocycles. The average molecular weight is 413 g/mol. The molecule has 0 fully saturated rings. The fourth-order valence-corrected chi connectivity index (χ4v) is 4.71. The molecule has 0 aliphatic heterocycles. The molecule has 1 aliphatic carbocycles. The Hall–Kier alpha value is -2.44. The standard InChI is InChI=1S/C23H28N2O3S/c26-23(24-17-16-19-10-4-1-5-11-19)22(18-20-12-6-2-7-13-20)25-29(27,28)21-14-8-3-9-15-21/h2-3,6-10,12-15,22,25H,1,4-5,11,16-18H2,(H,24,26)/t22-/m0/s1. The third-order valence-corrected chi connectivity index (χ3v) is 6.57. The lowest BCUT2D eigenvalue weighted by atomic mass is 9.97. The molecule has 1 atom stereocenters. The van der Waals surface area contributed by atoms with Crippen molar-refractivity contribution in [1.82, 2.24) is 10.0 Å². The average Bonchev–Trinajstić information content (AvgIpc) is 2.75. The molecule has 2 N–H and O–H groups in total. The van der Waals surface area contributed by atoms with Crippen molar-refractivity contribution in [2.24, 2.45) is 0 Å². The van der Waals surface area contributed by atoms with Gasteiger partial charge in [0, 0.05) is 6.54 Å². The van der Waals surface area contributed by atoms with Gasteiger partial charge in [0.1, 0.15) is 6.04 Å². The van der Waals surface area contributed by atoms with Crippen LogP contribution in [-0.4, -0.2) is 26.9 Å². The van der Waals surface area contributed by atoms with E-state index in [1.165, 1.54) is 30.5 Å². The first-order valence-corrected chi connectivity index (χ1v) is 11.6. The monoisotopic (exact) mass is 412 g/mol. The lowest BCUT2D eigenvalue weighted by molar-refractivity contribution is -0.122. The predicted octanol–water partition coefficient (Wildman–Crippen LogP) is 3.58. The van der Waals surface area contributed by atoms with E-state index in [9.17, 15) is 13.2 Å². The van der Waals surface area contributed by atoms with Crippen LogP contribution in [-0.2, 0) is 21.2 Å². The van der Waals surface area contributed by atoms with Gasteiger partial charge in [-0.1, -0.05) is 60.2 Å². The molecule has 3 rings (SSSR count). The number of allylic oxidation sites excluding steroid dienone is 1. The third kappa shape index (κ3) is 6.54. The maximum atomic E-state index is 12.8. The number of carbonyl (C=O) groups excluding carboxylic acids is 1. The molecule has 0 saturated carbocycles. The second kappa shape index (κ2) is 10.4.